The summed E-state index contributed by atoms with van der Waals surface area (Å²) in [7, 11) is 0. The normalized spacial score (nSPS) is 8.70. The zero-order valence-electron chi connectivity index (χ0n) is 6.94. The zero-order chi connectivity index (χ0) is 7.82. The van der Waals surface area contributed by atoms with E-state index in [0.717, 1.165) is 12.0 Å². The molecule has 0 saturated heterocycles. The van der Waals surface area contributed by atoms with Gasteiger partial charge < -0.3 is 0 Å². The maximum atomic E-state index is 2.96. The van der Waals surface area contributed by atoms with Crippen molar-refractivity contribution in [3.05, 3.63) is 35.3 Å². The van der Waals surface area contributed by atoms with Gasteiger partial charge in [-0.15, -0.1) is 0 Å². The Morgan fingerprint density at radius 1 is 1.40 bits per heavy atom. The molecular formula is C10H14. The molecule has 54 valence electrons. The van der Waals surface area contributed by atoms with Gasteiger partial charge in [0.25, 0.3) is 0 Å². The van der Waals surface area contributed by atoms with E-state index in [1.807, 2.05) is 26.0 Å². The Labute approximate surface area is 63.3 Å². The third-order valence-corrected chi connectivity index (χ3v) is 0.874. The minimum atomic E-state index is 1.08. The highest BCUT2D eigenvalue weighted by Crippen LogP contribution is 1.82. The lowest BCUT2D eigenvalue weighted by atomic mass is 10.3. The zero-order valence-corrected chi connectivity index (χ0v) is 6.94. The first kappa shape index (κ1) is 9.04. The van der Waals surface area contributed by atoms with Crippen molar-refractivity contribution in [2.24, 2.45) is 0 Å². The number of allylic oxidation sites excluding steroid dienone is 4. The molecule has 0 radical (unpaired) electrons. The van der Waals surface area contributed by atoms with Gasteiger partial charge in [-0.3, -0.25) is 0 Å². The fourth-order valence-corrected chi connectivity index (χ4v) is 0.438. The Morgan fingerprint density at radius 2 is 2.10 bits per heavy atom. The monoisotopic (exact) mass is 134 g/mol. The van der Waals surface area contributed by atoms with Crippen molar-refractivity contribution in [2.75, 3.05) is 0 Å². The van der Waals surface area contributed by atoms with Crippen molar-refractivity contribution < 1.29 is 0 Å². The van der Waals surface area contributed by atoms with E-state index in [9.17, 15) is 0 Å². The van der Waals surface area contributed by atoms with E-state index >= 15 is 0 Å². The molecule has 0 heteroatoms. The van der Waals surface area contributed by atoms with Crippen LogP contribution in [0.3, 0.4) is 0 Å². The Morgan fingerprint density at radius 3 is 2.60 bits per heavy atom. The maximum absolute atomic E-state index is 2.96. The van der Waals surface area contributed by atoms with Crippen LogP contribution in [0.5, 0.6) is 0 Å². The predicted octanol–water partition coefficient (Wildman–Crippen LogP) is 3.23. The van der Waals surface area contributed by atoms with Gasteiger partial charge in [-0.2, -0.15) is 0 Å². The number of hydrogen-bond acceptors (Lipinski definition) is 0. The summed E-state index contributed by atoms with van der Waals surface area (Å²) >= 11 is 0. The Hall–Kier alpha value is -0.960. The molecule has 0 aliphatic rings. The molecule has 0 atom stereocenters. The van der Waals surface area contributed by atoms with Crippen LogP contribution < -0.4 is 0 Å². The quantitative estimate of drug-likeness (QED) is 0.402. The second kappa shape index (κ2) is 6.16. The molecule has 0 saturated carbocycles. The van der Waals surface area contributed by atoms with Crippen LogP contribution in [0.2, 0.25) is 0 Å². The molecule has 0 unspecified atom stereocenters. The van der Waals surface area contributed by atoms with E-state index in [1.165, 1.54) is 0 Å². The smallest absolute Gasteiger partial charge is 0.0119 e. The lowest BCUT2D eigenvalue weighted by Gasteiger charge is -1.71. The molecule has 0 spiro atoms. The first-order chi connectivity index (χ1) is 4.77. The Balaban J connectivity index is 4.00. The summed E-state index contributed by atoms with van der Waals surface area (Å²) in [6.45, 7) is 6.11. The van der Waals surface area contributed by atoms with Crippen LogP contribution in [0.4, 0.5) is 0 Å². The molecule has 0 rings (SSSR count). The van der Waals surface area contributed by atoms with Crippen molar-refractivity contribution in [2.45, 2.75) is 27.2 Å². The van der Waals surface area contributed by atoms with Gasteiger partial charge in [0.15, 0.2) is 0 Å². The van der Waals surface area contributed by atoms with Crippen molar-refractivity contribution in [1.82, 2.24) is 0 Å². The van der Waals surface area contributed by atoms with Crippen LogP contribution in [-0.4, -0.2) is 0 Å². The van der Waals surface area contributed by atoms with E-state index in [-0.39, 0.29) is 0 Å². The second-order valence-corrected chi connectivity index (χ2v) is 2.27. The van der Waals surface area contributed by atoms with Crippen molar-refractivity contribution in [3.8, 4) is 0 Å². The fraction of sp³-hybridized carbons (Fsp3) is 0.400. The molecule has 0 fully saturated rings. The molecule has 0 nitrogen and oxygen atoms in total. The van der Waals surface area contributed by atoms with Crippen molar-refractivity contribution in [3.63, 3.8) is 0 Å². The Kier molecular flexibility index (Phi) is 5.57. The standard InChI is InChI=1S/C10H14/c1-4-5-6-7-8-9-10(2)3/h5-7H,4H2,1-3H3. The van der Waals surface area contributed by atoms with Gasteiger partial charge in [0.2, 0.25) is 0 Å². The first-order valence-electron chi connectivity index (χ1n) is 3.57. The fourth-order valence-electron chi connectivity index (χ4n) is 0.438. The number of rotatable bonds is 2. The van der Waals surface area contributed by atoms with Gasteiger partial charge >= 0.3 is 0 Å². The molecule has 0 aliphatic carbocycles. The molecule has 0 aromatic rings. The van der Waals surface area contributed by atoms with Crippen molar-refractivity contribution >= 4 is 0 Å². The highest BCUT2D eigenvalue weighted by molar-refractivity contribution is 5.03. The summed E-state index contributed by atoms with van der Waals surface area (Å²) in [6, 6.07) is 0. The van der Waals surface area contributed by atoms with Gasteiger partial charge in [-0.25, -0.2) is 0 Å². The number of hydrogen-bond donors (Lipinski definition) is 0. The SMILES string of the molecule is CCC=CC=C=C=C(C)C. The Bertz CT molecular complexity index is 190. The topological polar surface area (TPSA) is 0 Å². The average Bonchev–Trinajstić information content (AvgIpc) is 1.87. The van der Waals surface area contributed by atoms with Crippen molar-refractivity contribution in [1.29, 1.82) is 0 Å². The van der Waals surface area contributed by atoms with Crippen LogP contribution in [0.15, 0.2) is 35.3 Å². The molecule has 0 aromatic heterocycles. The summed E-state index contributed by atoms with van der Waals surface area (Å²) in [5, 5.41) is 0. The van der Waals surface area contributed by atoms with E-state index < -0.39 is 0 Å². The summed E-state index contributed by atoms with van der Waals surface area (Å²) < 4.78 is 0. The molecule has 0 heterocycles. The molecule has 0 aliphatic heterocycles. The van der Waals surface area contributed by atoms with Gasteiger partial charge in [0.05, 0.1) is 0 Å². The first-order valence-corrected chi connectivity index (χ1v) is 3.57. The van der Waals surface area contributed by atoms with Gasteiger partial charge in [-0.1, -0.05) is 30.5 Å². The van der Waals surface area contributed by atoms with Crippen LogP contribution in [-0.2, 0) is 0 Å². The summed E-state index contributed by atoms with van der Waals surface area (Å²) in [4.78, 5) is 0. The molecule has 0 aromatic carbocycles. The second-order valence-electron chi connectivity index (χ2n) is 2.27. The van der Waals surface area contributed by atoms with Crippen LogP contribution >= 0.6 is 0 Å². The van der Waals surface area contributed by atoms with E-state index in [1.54, 1.807) is 0 Å². The van der Waals surface area contributed by atoms with Crippen LogP contribution in [0, 0.1) is 0 Å². The van der Waals surface area contributed by atoms with Gasteiger partial charge in [0, 0.05) is 0 Å². The summed E-state index contributed by atoms with van der Waals surface area (Å²) in [6.07, 6.45) is 7.01. The minimum absolute atomic E-state index is 1.08. The highest BCUT2D eigenvalue weighted by Gasteiger charge is 1.62. The molecule has 0 N–H and O–H groups in total. The third-order valence-electron chi connectivity index (χ3n) is 0.874. The largest absolute Gasteiger partial charge is 0.0842 e. The maximum Gasteiger partial charge on any atom is -0.0119 e. The lowest BCUT2D eigenvalue weighted by molar-refractivity contribution is 1.22. The summed E-state index contributed by atoms with van der Waals surface area (Å²) in [5.74, 6) is 0. The minimum Gasteiger partial charge on any atom is -0.0842 e. The predicted molar refractivity (Wildman–Crippen MR) is 45.9 cm³/mol. The average molecular weight is 134 g/mol. The van der Waals surface area contributed by atoms with Gasteiger partial charge in [-0.05, 0) is 31.9 Å². The highest BCUT2D eigenvalue weighted by atomic mass is 13.7. The van der Waals surface area contributed by atoms with E-state index in [0.29, 0.717) is 0 Å². The molecule has 0 bridgehead atoms. The molecule has 0 amide bonds. The lowest BCUT2D eigenvalue weighted by Crippen LogP contribution is -1.51. The van der Waals surface area contributed by atoms with E-state index in [4.69, 9.17) is 0 Å². The third kappa shape index (κ3) is 7.04. The van der Waals surface area contributed by atoms with Crippen LogP contribution in [0.25, 0.3) is 0 Å². The molecule has 10 heavy (non-hydrogen) atoms. The van der Waals surface area contributed by atoms with Crippen LogP contribution in [0.1, 0.15) is 27.2 Å². The van der Waals surface area contributed by atoms with Gasteiger partial charge in [0.1, 0.15) is 0 Å². The molecular weight excluding hydrogens is 120 g/mol. The summed E-state index contributed by atoms with van der Waals surface area (Å²) in [5.41, 5.74) is 7.04. The van der Waals surface area contributed by atoms with E-state index in [2.05, 4.69) is 24.5 Å².